The number of hydrogen-bond acceptors (Lipinski definition) is 6. The lowest BCUT2D eigenvalue weighted by Crippen LogP contribution is -2.32. The van der Waals surface area contributed by atoms with Crippen LogP contribution in [0.5, 0.6) is 11.5 Å². The largest absolute Gasteiger partial charge is 0.497 e. The highest BCUT2D eigenvalue weighted by Gasteiger charge is 2.41. The van der Waals surface area contributed by atoms with Crippen molar-refractivity contribution in [3.8, 4) is 11.5 Å². The van der Waals surface area contributed by atoms with E-state index >= 15 is 0 Å². The van der Waals surface area contributed by atoms with Gasteiger partial charge in [-0.1, -0.05) is 48.2 Å². The third kappa shape index (κ3) is 3.33. The Morgan fingerprint density at radius 1 is 1.00 bits per heavy atom. The fraction of sp³-hybridized carbons (Fsp3) is 0.154. The lowest BCUT2D eigenvalue weighted by atomic mass is 9.84. The van der Waals surface area contributed by atoms with E-state index in [0.717, 1.165) is 39.5 Å². The average Bonchev–Trinajstić information content (AvgIpc) is 3.30. The second kappa shape index (κ2) is 8.22. The number of para-hydroxylation sites is 1. The van der Waals surface area contributed by atoms with Crippen LogP contribution in [0.1, 0.15) is 28.8 Å². The zero-order chi connectivity index (χ0) is 23.2. The number of thioether (sulfide) groups is 1. The Bertz CT molecular complexity index is 1400. The number of benzene rings is 3. The van der Waals surface area contributed by atoms with Gasteiger partial charge in [0.2, 0.25) is 11.1 Å². The van der Waals surface area contributed by atoms with Crippen LogP contribution in [0, 0.1) is 5.82 Å². The minimum Gasteiger partial charge on any atom is -0.497 e. The molecule has 1 aromatic heterocycles. The van der Waals surface area contributed by atoms with Crippen LogP contribution in [0.4, 0.5) is 10.3 Å². The topological polar surface area (TPSA) is 61.2 Å². The zero-order valence-corrected chi connectivity index (χ0v) is 19.3. The average molecular weight is 473 g/mol. The van der Waals surface area contributed by atoms with Crippen LogP contribution >= 0.6 is 11.8 Å². The molecule has 0 bridgehead atoms. The molecule has 170 valence electrons. The van der Waals surface area contributed by atoms with Gasteiger partial charge in [0.15, 0.2) is 0 Å². The summed E-state index contributed by atoms with van der Waals surface area (Å²) in [5.41, 5.74) is 4.75. The molecule has 6 nitrogen and oxygen atoms in total. The van der Waals surface area contributed by atoms with Crippen molar-refractivity contribution in [3.63, 3.8) is 0 Å². The molecule has 34 heavy (non-hydrogen) atoms. The monoisotopic (exact) mass is 472 g/mol. The summed E-state index contributed by atoms with van der Waals surface area (Å²) in [6.07, 6.45) is 1.51. The van der Waals surface area contributed by atoms with Crippen LogP contribution in [-0.2, 0) is 0 Å². The molecular formula is C26H21FN4O2S. The number of anilines is 1. The van der Waals surface area contributed by atoms with Gasteiger partial charge in [0, 0.05) is 11.1 Å². The maximum atomic E-state index is 13.8. The molecule has 3 heterocycles. The summed E-state index contributed by atoms with van der Waals surface area (Å²) in [6.45, 7) is 0. The fourth-order valence-corrected chi connectivity index (χ4v) is 4.91. The van der Waals surface area contributed by atoms with Crippen molar-refractivity contribution in [2.45, 2.75) is 17.3 Å². The number of halogens is 1. The first kappa shape index (κ1) is 20.8. The number of rotatable bonds is 4. The number of nitrogens with one attached hydrogen (secondary N) is 1. The van der Waals surface area contributed by atoms with Crippen molar-refractivity contribution < 1.29 is 13.9 Å². The third-order valence-corrected chi connectivity index (χ3v) is 6.69. The summed E-state index contributed by atoms with van der Waals surface area (Å²) in [7, 11) is 1.65. The summed E-state index contributed by atoms with van der Waals surface area (Å²) in [4.78, 5) is 4.71. The minimum absolute atomic E-state index is 0.283. The quantitative estimate of drug-likeness (QED) is 0.384. The van der Waals surface area contributed by atoms with Gasteiger partial charge >= 0.3 is 0 Å². The molecular weight excluding hydrogens is 451 g/mol. The zero-order valence-electron chi connectivity index (χ0n) is 18.5. The van der Waals surface area contributed by atoms with Crippen molar-refractivity contribution in [3.05, 3.63) is 101 Å². The molecule has 0 amide bonds. The van der Waals surface area contributed by atoms with E-state index in [1.54, 1.807) is 19.2 Å². The van der Waals surface area contributed by atoms with Gasteiger partial charge < -0.3 is 14.8 Å². The Hall–Kier alpha value is -3.78. The second-order valence-electron chi connectivity index (χ2n) is 8.04. The Labute approximate surface area is 200 Å². The van der Waals surface area contributed by atoms with Gasteiger partial charge in [-0.05, 0) is 53.8 Å². The Morgan fingerprint density at radius 2 is 1.74 bits per heavy atom. The number of aromatic nitrogens is 3. The van der Waals surface area contributed by atoms with Gasteiger partial charge in [0.25, 0.3) is 0 Å². The van der Waals surface area contributed by atoms with Gasteiger partial charge in [-0.15, -0.1) is 5.10 Å². The van der Waals surface area contributed by atoms with Crippen molar-refractivity contribution in [1.82, 2.24) is 14.8 Å². The maximum Gasteiger partial charge on any atom is 0.227 e. The predicted molar refractivity (Wildman–Crippen MR) is 130 cm³/mol. The molecule has 2 aliphatic heterocycles. The standard InChI is InChI=1S/C26H21FN4O2S/c1-32-18-13-9-15(10-14-18)23-21-22(28-25-29-26(34-2)30-31(23)25)19-5-3-4-6-20(19)33-24(21)16-7-11-17(27)12-8-16/h3-14,23-24H,1-2H3,(H,28,29,30)/t23-,24+/m0/s1. The van der Waals surface area contributed by atoms with Crippen LogP contribution in [0.2, 0.25) is 0 Å². The molecule has 0 saturated carbocycles. The smallest absolute Gasteiger partial charge is 0.227 e. The fourth-order valence-electron chi connectivity index (χ4n) is 4.56. The van der Waals surface area contributed by atoms with E-state index in [-0.39, 0.29) is 11.9 Å². The first-order chi connectivity index (χ1) is 16.7. The van der Waals surface area contributed by atoms with E-state index in [1.807, 2.05) is 59.5 Å². The molecule has 0 spiro atoms. The molecule has 8 heteroatoms. The van der Waals surface area contributed by atoms with Crippen LogP contribution < -0.4 is 14.8 Å². The molecule has 6 rings (SSSR count). The van der Waals surface area contributed by atoms with Gasteiger partial charge in [0.05, 0.1) is 12.8 Å². The highest BCUT2D eigenvalue weighted by molar-refractivity contribution is 7.98. The Balaban J connectivity index is 1.61. The molecule has 0 saturated heterocycles. The molecule has 0 fully saturated rings. The molecule has 0 unspecified atom stereocenters. The normalized spacial score (nSPS) is 18.3. The molecule has 2 aliphatic rings. The van der Waals surface area contributed by atoms with Crippen molar-refractivity contribution >= 4 is 23.4 Å². The van der Waals surface area contributed by atoms with E-state index in [4.69, 9.17) is 19.6 Å². The maximum absolute atomic E-state index is 13.8. The van der Waals surface area contributed by atoms with Gasteiger partial charge in [0.1, 0.15) is 29.5 Å². The number of fused-ring (bicyclic) bond motifs is 3. The van der Waals surface area contributed by atoms with E-state index in [9.17, 15) is 4.39 Å². The van der Waals surface area contributed by atoms with E-state index in [1.165, 1.54) is 23.9 Å². The predicted octanol–water partition coefficient (Wildman–Crippen LogP) is 5.71. The Kier molecular flexibility index (Phi) is 5.03. The third-order valence-electron chi connectivity index (χ3n) is 6.15. The Morgan fingerprint density at radius 3 is 2.47 bits per heavy atom. The highest BCUT2D eigenvalue weighted by atomic mass is 32.2. The van der Waals surface area contributed by atoms with Crippen LogP contribution in [0.3, 0.4) is 0 Å². The molecule has 4 aromatic rings. The molecule has 0 aliphatic carbocycles. The van der Waals surface area contributed by atoms with Gasteiger partial charge in [-0.2, -0.15) is 4.98 Å². The molecule has 3 aromatic carbocycles. The van der Waals surface area contributed by atoms with E-state index < -0.39 is 6.10 Å². The summed E-state index contributed by atoms with van der Waals surface area (Å²) < 4.78 is 27.6. The number of hydrogen-bond donors (Lipinski definition) is 1. The number of nitrogens with zero attached hydrogens (tertiary/aromatic N) is 3. The summed E-state index contributed by atoms with van der Waals surface area (Å²) in [5.74, 6) is 1.91. The van der Waals surface area contributed by atoms with E-state index in [0.29, 0.717) is 11.1 Å². The van der Waals surface area contributed by atoms with Crippen LogP contribution in [0.15, 0.2) is 83.5 Å². The SMILES string of the molecule is COc1ccc([C@H]2C3=C(Nc4nc(SC)nn42)c2ccccc2O[C@@H]3c2ccc(F)cc2)cc1. The summed E-state index contributed by atoms with van der Waals surface area (Å²) >= 11 is 1.49. The van der Waals surface area contributed by atoms with Gasteiger partial charge in [-0.25, -0.2) is 9.07 Å². The van der Waals surface area contributed by atoms with Crippen LogP contribution in [-0.4, -0.2) is 28.1 Å². The minimum atomic E-state index is -0.444. The molecule has 1 N–H and O–H groups in total. The lowest BCUT2D eigenvalue weighted by molar-refractivity contribution is 0.222. The van der Waals surface area contributed by atoms with Crippen molar-refractivity contribution in [2.75, 3.05) is 18.7 Å². The first-order valence-corrected chi connectivity index (χ1v) is 12.1. The summed E-state index contributed by atoms with van der Waals surface area (Å²) in [6, 6.07) is 22.1. The second-order valence-corrected chi connectivity index (χ2v) is 8.82. The number of ether oxygens (including phenoxy) is 2. The lowest BCUT2D eigenvalue weighted by Gasteiger charge is -2.38. The van der Waals surface area contributed by atoms with Crippen molar-refractivity contribution in [1.29, 1.82) is 0 Å². The van der Waals surface area contributed by atoms with Crippen molar-refractivity contribution in [2.24, 2.45) is 0 Å². The first-order valence-electron chi connectivity index (χ1n) is 10.8. The van der Waals surface area contributed by atoms with Gasteiger partial charge in [-0.3, -0.25) is 0 Å². The molecule has 2 atom stereocenters. The van der Waals surface area contributed by atoms with Crippen LogP contribution in [0.25, 0.3) is 5.70 Å². The summed E-state index contributed by atoms with van der Waals surface area (Å²) in [5, 5.41) is 8.98. The molecule has 0 radical (unpaired) electrons. The number of methoxy groups -OCH3 is 1. The van der Waals surface area contributed by atoms with E-state index in [2.05, 4.69) is 5.32 Å². The highest BCUT2D eigenvalue weighted by Crippen LogP contribution is 2.50.